The van der Waals surface area contributed by atoms with Crippen LogP contribution in [-0.4, -0.2) is 37.0 Å². The van der Waals surface area contributed by atoms with Gasteiger partial charge in [0, 0.05) is 31.1 Å². The van der Waals surface area contributed by atoms with E-state index < -0.39 is 5.97 Å². The third-order valence-corrected chi connectivity index (χ3v) is 3.06. The normalized spacial score (nSPS) is 10.8. The van der Waals surface area contributed by atoms with E-state index in [9.17, 15) is 14.4 Å². The summed E-state index contributed by atoms with van der Waals surface area (Å²) in [5.41, 5.74) is 0.735. The Labute approximate surface area is 136 Å². The molecule has 0 unspecified atom stereocenters. The van der Waals surface area contributed by atoms with E-state index in [1.54, 1.807) is 24.3 Å². The molecule has 0 spiro atoms. The fourth-order valence-corrected chi connectivity index (χ4v) is 2.06. The summed E-state index contributed by atoms with van der Waals surface area (Å²) in [4.78, 5) is 36.6. The highest BCUT2D eigenvalue weighted by atomic mass is 16.5. The number of carbonyl (C=O) groups excluding carboxylic acids is 3. The molecular formula is C17H24N2O4. The van der Waals surface area contributed by atoms with Crippen LogP contribution >= 0.6 is 0 Å². The van der Waals surface area contributed by atoms with Crippen molar-refractivity contribution in [2.24, 2.45) is 0 Å². The second-order valence-corrected chi connectivity index (χ2v) is 6.26. The average molecular weight is 320 g/mol. The summed E-state index contributed by atoms with van der Waals surface area (Å²) in [5.74, 6) is -0.718. The molecule has 0 aliphatic rings. The number of methoxy groups -OCH3 is 1. The minimum absolute atomic E-state index is 0.116. The number of anilines is 1. The molecule has 0 fully saturated rings. The lowest BCUT2D eigenvalue weighted by atomic mass is 10.1. The number of esters is 1. The molecule has 1 N–H and O–H groups in total. The molecule has 0 aliphatic carbocycles. The maximum Gasteiger partial charge on any atom is 0.337 e. The zero-order valence-corrected chi connectivity index (χ0v) is 14.3. The van der Waals surface area contributed by atoms with Crippen LogP contribution in [0.15, 0.2) is 24.3 Å². The van der Waals surface area contributed by atoms with E-state index >= 15 is 0 Å². The summed E-state index contributed by atoms with van der Waals surface area (Å²) in [6.07, 6.45) is 0.204. The van der Waals surface area contributed by atoms with E-state index in [-0.39, 0.29) is 30.3 Å². The van der Waals surface area contributed by atoms with Crippen LogP contribution in [0, 0.1) is 0 Å². The molecule has 1 aromatic carbocycles. The van der Waals surface area contributed by atoms with Crippen LogP contribution in [0.2, 0.25) is 0 Å². The van der Waals surface area contributed by atoms with Gasteiger partial charge in [-0.2, -0.15) is 0 Å². The molecule has 6 heteroatoms. The summed E-state index contributed by atoms with van der Waals surface area (Å²) in [5, 5.41) is 2.86. The van der Waals surface area contributed by atoms with Crippen molar-refractivity contribution in [1.29, 1.82) is 0 Å². The van der Waals surface area contributed by atoms with Gasteiger partial charge in [-0.1, -0.05) is 0 Å². The molecule has 0 saturated heterocycles. The van der Waals surface area contributed by atoms with E-state index in [2.05, 4.69) is 10.1 Å². The third-order valence-electron chi connectivity index (χ3n) is 3.06. The van der Waals surface area contributed by atoms with Crippen LogP contribution in [0.4, 0.5) is 5.69 Å². The van der Waals surface area contributed by atoms with E-state index in [0.717, 1.165) is 0 Å². The minimum Gasteiger partial charge on any atom is -0.465 e. The molecule has 0 atom stereocenters. The molecule has 0 bridgehead atoms. The summed E-state index contributed by atoms with van der Waals surface area (Å²) >= 11 is 0. The van der Waals surface area contributed by atoms with Gasteiger partial charge in [0.1, 0.15) is 0 Å². The molecule has 6 nitrogen and oxygen atoms in total. The highest BCUT2D eigenvalue weighted by Gasteiger charge is 2.17. The van der Waals surface area contributed by atoms with E-state index in [4.69, 9.17) is 0 Å². The van der Waals surface area contributed by atoms with Crippen molar-refractivity contribution in [1.82, 2.24) is 5.32 Å². The van der Waals surface area contributed by atoms with Crippen LogP contribution in [0.5, 0.6) is 0 Å². The Hall–Kier alpha value is -2.37. The molecule has 126 valence electrons. The topological polar surface area (TPSA) is 75.7 Å². The number of nitrogens with one attached hydrogen (secondary N) is 1. The number of benzene rings is 1. The zero-order valence-electron chi connectivity index (χ0n) is 14.3. The monoisotopic (exact) mass is 320 g/mol. The first-order valence-corrected chi connectivity index (χ1v) is 7.41. The largest absolute Gasteiger partial charge is 0.465 e. The van der Waals surface area contributed by atoms with Crippen LogP contribution in [0.1, 0.15) is 44.5 Å². The molecule has 23 heavy (non-hydrogen) atoms. The zero-order chi connectivity index (χ0) is 17.6. The lowest BCUT2D eigenvalue weighted by Gasteiger charge is -2.24. The molecule has 2 amide bonds. The van der Waals surface area contributed by atoms with Gasteiger partial charge in [-0.15, -0.1) is 0 Å². The fourth-order valence-electron chi connectivity index (χ4n) is 2.06. The molecule has 1 aromatic rings. The smallest absolute Gasteiger partial charge is 0.337 e. The van der Waals surface area contributed by atoms with Gasteiger partial charge in [-0.25, -0.2) is 4.79 Å². The number of nitrogens with zero attached hydrogens (tertiary/aromatic N) is 1. The Morgan fingerprint density at radius 1 is 1.13 bits per heavy atom. The average Bonchev–Trinajstić information content (AvgIpc) is 2.45. The van der Waals surface area contributed by atoms with E-state index in [1.165, 1.54) is 18.9 Å². The van der Waals surface area contributed by atoms with Crippen LogP contribution < -0.4 is 10.2 Å². The van der Waals surface area contributed by atoms with Crippen molar-refractivity contribution >= 4 is 23.5 Å². The minimum atomic E-state index is -0.435. The SMILES string of the molecule is COC(=O)c1ccc(N(CCC(=O)NC(C)(C)C)C(C)=O)cc1. The third kappa shape index (κ3) is 6.10. The van der Waals surface area contributed by atoms with Crippen molar-refractivity contribution in [2.75, 3.05) is 18.6 Å². The van der Waals surface area contributed by atoms with E-state index in [1.807, 2.05) is 20.8 Å². The van der Waals surface area contributed by atoms with Gasteiger partial charge in [0.2, 0.25) is 11.8 Å². The van der Waals surface area contributed by atoms with Crippen LogP contribution in [-0.2, 0) is 14.3 Å². The first kappa shape index (κ1) is 18.7. The standard InChI is InChI=1S/C17H24N2O4/c1-12(20)19(11-10-15(21)18-17(2,3)4)14-8-6-13(7-9-14)16(22)23-5/h6-9H,10-11H2,1-5H3,(H,18,21). The van der Waals surface area contributed by atoms with Gasteiger partial charge in [0.25, 0.3) is 0 Å². The van der Waals surface area contributed by atoms with E-state index in [0.29, 0.717) is 11.3 Å². The van der Waals surface area contributed by atoms with Gasteiger partial charge in [-0.05, 0) is 45.0 Å². The summed E-state index contributed by atoms with van der Waals surface area (Å²) in [6, 6.07) is 6.50. The Balaban J connectivity index is 2.77. The van der Waals surface area contributed by atoms with Gasteiger partial charge < -0.3 is 15.0 Å². The number of hydrogen-bond donors (Lipinski definition) is 1. The van der Waals surface area contributed by atoms with Gasteiger partial charge in [-0.3, -0.25) is 9.59 Å². The maximum atomic E-state index is 11.9. The number of ether oxygens (including phenoxy) is 1. The second kappa shape index (κ2) is 7.76. The Kier molecular flexibility index (Phi) is 6.30. The van der Waals surface area contributed by atoms with Crippen LogP contribution in [0.25, 0.3) is 0 Å². The van der Waals surface area contributed by atoms with Crippen molar-refractivity contribution in [3.8, 4) is 0 Å². The number of hydrogen-bond acceptors (Lipinski definition) is 4. The summed E-state index contributed by atoms with van der Waals surface area (Å²) in [6.45, 7) is 7.42. The Morgan fingerprint density at radius 2 is 1.70 bits per heavy atom. The molecular weight excluding hydrogens is 296 g/mol. The van der Waals surface area contributed by atoms with Crippen molar-refractivity contribution < 1.29 is 19.1 Å². The van der Waals surface area contributed by atoms with Crippen molar-refractivity contribution in [3.05, 3.63) is 29.8 Å². The molecule has 0 aromatic heterocycles. The molecule has 1 rings (SSSR count). The van der Waals surface area contributed by atoms with Crippen LogP contribution in [0.3, 0.4) is 0 Å². The number of rotatable bonds is 5. The lowest BCUT2D eigenvalue weighted by Crippen LogP contribution is -2.42. The molecule has 0 heterocycles. The fraction of sp³-hybridized carbons (Fsp3) is 0.471. The second-order valence-electron chi connectivity index (χ2n) is 6.26. The predicted molar refractivity (Wildman–Crippen MR) is 88.3 cm³/mol. The maximum absolute atomic E-state index is 11.9. The molecule has 0 aliphatic heterocycles. The number of amides is 2. The number of carbonyl (C=O) groups is 3. The summed E-state index contributed by atoms with van der Waals surface area (Å²) in [7, 11) is 1.31. The Morgan fingerprint density at radius 3 is 2.13 bits per heavy atom. The highest BCUT2D eigenvalue weighted by Crippen LogP contribution is 2.16. The predicted octanol–water partition coefficient (Wildman–Crippen LogP) is 2.13. The first-order valence-electron chi connectivity index (χ1n) is 7.41. The van der Waals surface area contributed by atoms with Gasteiger partial charge in [0.05, 0.1) is 12.7 Å². The molecule has 0 saturated carbocycles. The van der Waals surface area contributed by atoms with Gasteiger partial charge >= 0.3 is 5.97 Å². The Bertz CT molecular complexity index is 573. The quantitative estimate of drug-likeness (QED) is 0.843. The molecule has 0 radical (unpaired) electrons. The van der Waals surface area contributed by atoms with Crippen molar-refractivity contribution in [2.45, 2.75) is 39.7 Å². The van der Waals surface area contributed by atoms with Gasteiger partial charge in [0.15, 0.2) is 0 Å². The highest BCUT2D eigenvalue weighted by molar-refractivity contribution is 5.94. The summed E-state index contributed by atoms with van der Waals surface area (Å²) < 4.78 is 4.64. The lowest BCUT2D eigenvalue weighted by molar-refractivity contribution is -0.122. The first-order chi connectivity index (χ1) is 10.6. The van der Waals surface area contributed by atoms with Crippen molar-refractivity contribution in [3.63, 3.8) is 0 Å².